The Morgan fingerprint density at radius 2 is 1.91 bits per heavy atom. The molecule has 0 fully saturated rings. The summed E-state index contributed by atoms with van der Waals surface area (Å²) in [5.41, 5.74) is -2.03. The molecule has 1 aromatic carbocycles. The van der Waals surface area contributed by atoms with Gasteiger partial charge in [-0.2, -0.15) is 13.2 Å². The highest BCUT2D eigenvalue weighted by molar-refractivity contribution is 5.96. The highest BCUT2D eigenvalue weighted by Gasteiger charge is 2.35. The lowest BCUT2D eigenvalue weighted by molar-refractivity contribution is -0.141. The van der Waals surface area contributed by atoms with Gasteiger partial charge in [0.05, 0.1) is 5.56 Å². The molecule has 0 aromatic heterocycles. The summed E-state index contributed by atoms with van der Waals surface area (Å²) in [5.74, 6) is -4.20. The number of alkyl halides is 3. The summed E-state index contributed by atoms with van der Waals surface area (Å²) in [4.78, 5) is 23.0. The van der Waals surface area contributed by atoms with E-state index in [9.17, 15) is 27.2 Å². The van der Waals surface area contributed by atoms with Crippen LogP contribution in [-0.2, 0) is 11.0 Å². The van der Waals surface area contributed by atoms with Gasteiger partial charge < -0.3 is 10.4 Å². The van der Waals surface area contributed by atoms with Crippen molar-refractivity contribution in [2.45, 2.75) is 32.5 Å². The van der Waals surface area contributed by atoms with Crippen molar-refractivity contribution < 1.29 is 32.3 Å². The Bertz CT molecular complexity index is 572. The summed E-state index contributed by atoms with van der Waals surface area (Å²) < 4.78 is 51.0. The summed E-state index contributed by atoms with van der Waals surface area (Å²) in [7, 11) is 0. The van der Waals surface area contributed by atoms with Crippen LogP contribution in [0.4, 0.5) is 17.6 Å². The predicted molar refractivity (Wildman–Crippen MR) is 69.7 cm³/mol. The second-order valence-corrected chi connectivity index (χ2v) is 4.87. The monoisotopic (exact) mass is 321 g/mol. The Morgan fingerprint density at radius 1 is 1.32 bits per heavy atom. The third kappa shape index (κ3) is 4.19. The van der Waals surface area contributed by atoms with Crippen molar-refractivity contribution in [2.24, 2.45) is 5.92 Å². The molecule has 0 aliphatic heterocycles. The van der Waals surface area contributed by atoms with Crippen molar-refractivity contribution in [3.8, 4) is 0 Å². The molecule has 22 heavy (non-hydrogen) atoms. The van der Waals surface area contributed by atoms with E-state index in [2.05, 4.69) is 5.32 Å². The second kappa shape index (κ2) is 6.76. The average Bonchev–Trinajstić information content (AvgIpc) is 2.42. The van der Waals surface area contributed by atoms with Crippen molar-refractivity contribution >= 4 is 11.9 Å². The number of aliphatic carboxylic acids is 1. The number of amides is 1. The third-order valence-corrected chi connectivity index (χ3v) is 3.30. The summed E-state index contributed by atoms with van der Waals surface area (Å²) in [6.45, 7) is 3.30. The molecular formula is C14H15F4NO3. The molecular weight excluding hydrogens is 306 g/mol. The van der Waals surface area contributed by atoms with Crippen LogP contribution < -0.4 is 5.32 Å². The molecule has 1 rings (SSSR count). The molecule has 0 radical (unpaired) electrons. The van der Waals surface area contributed by atoms with Crippen molar-refractivity contribution in [3.05, 3.63) is 35.1 Å². The average molecular weight is 321 g/mol. The maximum absolute atomic E-state index is 13.2. The lowest BCUT2D eigenvalue weighted by atomic mass is 9.98. The number of carboxylic acid groups (broad SMARTS) is 1. The fourth-order valence-corrected chi connectivity index (χ4v) is 1.79. The molecule has 8 heteroatoms. The number of hydrogen-bond donors (Lipinski definition) is 2. The Balaban J connectivity index is 3.06. The number of rotatable bonds is 5. The van der Waals surface area contributed by atoms with Crippen LogP contribution in [0.25, 0.3) is 0 Å². The fourth-order valence-electron chi connectivity index (χ4n) is 1.79. The number of carbonyl (C=O) groups excluding carboxylic acids is 1. The zero-order valence-corrected chi connectivity index (χ0v) is 11.9. The summed E-state index contributed by atoms with van der Waals surface area (Å²) >= 11 is 0. The van der Waals surface area contributed by atoms with E-state index in [1.807, 2.05) is 0 Å². The van der Waals surface area contributed by atoms with Gasteiger partial charge in [-0.15, -0.1) is 0 Å². The largest absolute Gasteiger partial charge is 0.480 e. The summed E-state index contributed by atoms with van der Waals surface area (Å²) in [5, 5.41) is 11.2. The van der Waals surface area contributed by atoms with Gasteiger partial charge in [-0.1, -0.05) is 20.3 Å². The first-order chi connectivity index (χ1) is 10.1. The normalized spacial score (nSPS) is 14.3. The fraction of sp³-hybridized carbons (Fsp3) is 0.429. The number of carbonyl (C=O) groups is 2. The first-order valence-corrected chi connectivity index (χ1v) is 6.48. The Morgan fingerprint density at radius 3 is 2.36 bits per heavy atom. The SMILES string of the molecule is CC[C@H](C)[C@H](NC(=O)c1ccc(F)c(C(F)(F)F)c1)C(=O)O. The van der Waals surface area contributed by atoms with Crippen LogP contribution in [0.5, 0.6) is 0 Å². The standard InChI is InChI=1S/C14H15F4NO3/c1-3-7(2)11(13(21)22)19-12(20)8-4-5-10(15)9(6-8)14(16,17)18/h4-7,11H,3H2,1-2H3,(H,19,20)(H,21,22)/t7-,11-/m0/s1. The van der Waals surface area contributed by atoms with Gasteiger partial charge in [0.1, 0.15) is 11.9 Å². The molecule has 1 amide bonds. The minimum Gasteiger partial charge on any atom is -0.480 e. The van der Waals surface area contributed by atoms with Crippen LogP contribution >= 0.6 is 0 Å². The third-order valence-electron chi connectivity index (χ3n) is 3.30. The van der Waals surface area contributed by atoms with Crippen molar-refractivity contribution in [1.29, 1.82) is 0 Å². The van der Waals surface area contributed by atoms with Gasteiger partial charge in [0.25, 0.3) is 5.91 Å². The smallest absolute Gasteiger partial charge is 0.419 e. The van der Waals surface area contributed by atoms with E-state index in [1.54, 1.807) is 13.8 Å². The molecule has 0 spiro atoms. The highest BCUT2D eigenvalue weighted by Crippen LogP contribution is 2.31. The van der Waals surface area contributed by atoms with E-state index in [1.165, 1.54) is 0 Å². The summed E-state index contributed by atoms with van der Waals surface area (Å²) in [6, 6.07) is 0.517. The molecule has 0 aliphatic rings. The van der Waals surface area contributed by atoms with Crippen LogP contribution in [0.15, 0.2) is 18.2 Å². The van der Waals surface area contributed by atoms with Crippen molar-refractivity contribution in [2.75, 3.05) is 0 Å². The zero-order valence-electron chi connectivity index (χ0n) is 11.9. The first kappa shape index (κ1) is 17.9. The predicted octanol–water partition coefficient (Wildman–Crippen LogP) is 3.07. The van der Waals surface area contributed by atoms with Crippen LogP contribution in [0.2, 0.25) is 0 Å². The van der Waals surface area contributed by atoms with Gasteiger partial charge in [-0.25, -0.2) is 9.18 Å². The van der Waals surface area contributed by atoms with Gasteiger partial charge in [-0.3, -0.25) is 4.79 Å². The van der Waals surface area contributed by atoms with E-state index >= 15 is 0 Å². The molecule has 4 nitrogen and oxygen atoms in total. The highest BCUT2D eigenvalue weighted by atomic mass is 19.4. The molecule has 0 bridgehead atoms. The van der Waals surface area contributed by atoms with Crippen LogP contribution in [-0.4, -0.2) is 23.0 Å². The van der Waals surface area contributed by atoms with E-state index in [-0.39, 0.29) is 0 Å². The summed E-state index contributed by atoms with van der Waals surface area (Å²) in [6.07, 6.45) is -4.49. The molecule has 2 N–H and O–H groups in total. The van der Waals surface area contributed by atoms with E-state index in [0.717, 1.165) is 6.07 Å². The molecule has 0 heterocycles. The Labute approximate surface area is 124 Å². The molecule has 0 unspecified atom stereocenters. The second-order valence-electron chi connectivity index (χ2n) is 4.87. The lowest BCUT2D eigenvalue weighted by Gasteiger charge is -2.20. The minimum atomic E-state index is -4.94. The van der Waals surface area contributed by atoms with E-state index in [4.69, 9.17) is 5.11 Å². The molecule has 0 aliphatic carbocycles. The van der Waals surface area contributed by atoms with Crippen LogP contribution in [0.3, 0.4) is 0 Å². The van der Waals surface area contributed by atoms with Gasteiger partial charge in [0.2, 0.25) is 0 Å². The van der Waals surface area contributed by atoms with Crippen molar-refractivity contribution in [1.82, 2.24) is 5.32 Å². The van der Waals surface area contributed by atoms with Crippen molar-refractivity contribution in [3.63, 3.8) is 0 Å². The number of nitrogens with one attached hydrogen (secondary N) is 1. The number of hydrogen-bond acceptors (Lipinski definition) is 2. The first-order valence-electron chi connectivity index (χ1n) is 6.48. The molecule has 2 atom stereocenters. The van der Waals surface area contributed by atoms with Gasteiger partial charge in [0, 0.05) is 5.56 Å². The zero-order chi connectivity index (χ0) is 17.1. The maximum atomic E-state index is 13.2. The maximum Gasteiger partial charge on any atom is 0.419 e. The molecule has 0 saturated carbocycles. The van der Waals surface area contributed by atoms with E-state index < -0.39 is 47.0 Å². The van der Waals surface area contributed by atoms with Gasteiger partial charge >= 0.3 is 12.1 Å². The van der Waals surface area contributed by atoms with Gasteiger partial charge in [-0.05, 0) is 24.1 Å². The number of benzene rings is 1. The van der Waals surface area contributed by atoms with Crippen LogP contribution in [0.1, 0.15) is 36.2 Å². The van der Waals surface area contributed by atoms with Crippen LogP contribution in [0, 0.1) is 11.7 Å². The Kier molecular flexibility index (Phi) is 5.51. The Hall–Kier alpha value is -2.12. The van der Waals surface area contributed by atoms with E-state index in [0.29, 0.717) is 18.6 Å². The van der Waals surface area contributed by atoms with Gasteiger partial charge in [0.15, 0.2) is 0 Å². The number of halogens is 4. The number of carboxylic acids is 1. The molecule has 0 saturated heterocycles. The molecule has 1 aromatic rings. The quantitative estimate of drug-likeness (QED) is 0.819. The topological polar surface area (TPSA) is 66.4 Å². The molecule has 122 valence electrons. The lowest BCUT2D eigenvalue weighted by Crippen LogP contribution is -2.45. The minimum absolute atomic E-state index is 0.361.